The third-order valence-corrected chi connectivity index (χ3v) is 6.13. The van der Waals surface area contributed by atoms with E-state index in [-0.39, 0.29) is 23.8 Å². The number of nitrogens with zero attached hydrogens (tertiary/aromatic N) is 2. The van der Waals surface area contributed by atoms with Crippen LogP contribution in [0, 0.1) is 5.92 Å². The summed E-state index contributed by atoms with van der Waals surface area (Å²) < 4.78 is 5.00. The second kappa shape index (κ2) is 11.8. The number of likely N-dealkylation sites (tertiary alicyclic amines) is 1. The smallest absolute Gasteiger partial charge is 0.235 e. The van der Waals surface area contributed by atoms with E-state index in [0.717, 1.165) is 42.9 Å². The van der Waals surface area contributed by atoms with Crippen LogP contribution in [0.15, 0.2) is 41.9 Å². The van der Waals surface area contributed by atoms with Gasteiger partial charge in [0.2, 0.25) is 11.8 Å². The largest absolute Gasteiger partial charge is 0.385 e. The fourth-order valence-corrected chi connectivity index (χ4v) is 4.36. The molecule has 0 radical (unpaired) electrons. The van der Waals surface area contributed by atoms with Crippen LogP contribution in [0.3, 0.4) is 0 Å². The summed E-state index contributed by atoms with van der Waals surface area (Å²) in [6.45, 7) is 3.12. The summed E-state index contributed by atoms with van der Waals surface area (Å²) in [6.07, 6.45) is 4.13. The van der Waals surface area contributed by atoms with Crippen LogP contribution in [0.25, 0.3) is 0 Å². The number of carbonyl (C=O) groups excluding carboxylic acids is 2. The molecule has 30 heavy (non-hydrogen) atoms. The molecule has 0 bridgehead atoms. The van der Waals surface area contributed by atoms with Crippen molar-refractivity contribution in [2.45, 2.75) is 25.3 Å². The molecule has 3 rings (SSSR count). The Kier molecular flexibility index (Phi) is 8.80. The van der Waals surface area contributed by atoms with Crippen LogP contribution in [0.2, 0.25) is 0 Å². The minimum Gasteiger partial charge on any atom is -0.385 e. The Hall–Kier alpha value is -2.29. The molecule has 0 saturated carbocycles. The molecule has 1 aliphatic rings. The van der Waals surface area contributed by atoms with Gasteiger partial charge in [-0.15, -0.1) is 11.3 Å². The zero-order chi connectivity index (χ0) is 21.2. The van der Waals surface area contributed by atoms with E-state index in [2.05, 4.69) is 20.5 Å². The summed E-state index contributed by atoms with van der Waals surface area (Å²) in [5.74, 6) is 0.115. The molecule has 1 saturated heterocycles. The summed E-state index contributed by atoms with van der Waals surface area (Å²) in [7, 11) is 1.66. The normalized spacial score (nSPS) is 16.2. The molecule has 162 valence electrons. The summed E-state index contributed by atoms with van der Waals surface area (Å²) in [4.78, 5) is 31.5. The summed E-state index contributed by atoms with van der Waals surface area (Å²) >= 11 is 1.54. The minimum atomic E-state index is -0.242. The number of aromatic nitrogens is 1. The number of hydrogen-bond donors (Lipinski definition) is 2. The number of ether oxygens (including phenoxy) is 1. The summed E-state index contributed by atoms with van der Waals surface area (Å²) in [5.41, 5.74) is 1.02. The van der Waals surface area contributed by atoms with Crippen molar-refractivity contribution < 1.29 is 14.3 Å². The fourth-order valence-electron chi connectivity index (χ4n) is 3.65. The molecule has 0 aliphatic carbocycles. The maximum absolute atomic E-state index is 12.7. The van der Waals surface area contributed by atoms with Crippen molar-refractivity contribution in [1.82, 2.24) is 20.5 Å². The highest BCUT2D eigenvalue weighted by molar-refractivity contribution is 7.09. The van der Waals surface area contributed by atoms with Crippen molar-refractivity contribution in [3.05, 3.63) is 52.5 Å². The lowest BCUT2D eigenvalue weighted by Gasteiger charge is -2.31. The van der Waals surface area contributed by atoms with Crippen molar-refractivity contribution in [1.29, 1.82) is 0 Å². The number of piperidine rings is 1. The highest BCUT2D eigenvalue weighted by Crippen LogP contribution is 2.24. The Labute approximate surface area is 181 Å². The quantitative estimate of drug-likeness (QED) is 0.565. The molecule has 8 heteroatoms. The molecule has 0 spiro atoms. The van der Waals surface area contributed by atoms with Crippen molar-refractivity contribution in [3.8, 4) is 0 Å². The van der Waals surface area contributed by atoms with Gasteiger partial charge in [0.05, 0.1) is 6.54 Å². The number of rotatable bonds is 10. The highest BCUT2D eigenvalue weighted by atomic mass is 32.1. The van der Waals surface area contributed by atoms with Crippen LogP contribution in [0.4, 0.5) is 0 Å². The van der Waals surface area contributed by atoms with E-state index in [1.165, 1.54) is 11.3 Å². The van der Waals surface area contributed by atoms with Gasteiger partial charge in [0, 0.05) is 37.8 Å². The van der Waals surface area contributed by atoms with Crippen LogP contribution in [-0.4, -0.2) is 61.6 Å². The molecule has 7 nitrogen and oxygen atoms in total. The van der Waals surface area contributed by atoms with Crippen LogP contribution in [0.5, 0.6) is 0 Å². The SMILES string of the molecule is COCCCNC(=O)C1CCN(CC(=O)NC(c2ccccc2)c2nccs2)CC1. The first-order valence-electron chi connectivity index (χ1n) is 10.4. The Balaban J connectivity index is 1.46. The molecule has 2 heterocycles. The van der Waals surface area contributed by atoms with Crippen LogP contribution in [0.1, 0.15) is 35.9 Å². The van der Waals surface area contributed by atoms with Gasteiger partial charge in [0.15, 0.2) is 0 Å². The van der Waals surface area contributed by atoms with Crippen molar-refractivity contribution in [3.63, 3.8) is 0 Å². The topological polar surface area (TPSA) is 83.6 Å². The van der Waals surface area contributed by atoms with Crippen molar-refractivity contribution in [2.24, 2.45) is 5.92 Å². The van der Waals surface area contributed by atoms with Gasteiger partial charge in [-0.25, -0.2) is 4.98 Å². The van der Waals surface area contributed by atoms with Gasteiger partial charge in [0.25, 0.3) is 0 Å². The molecule has 1 atom stereocenters. The number of hydrogen-bond acceptors (Lipinski definition) is 6. The zero-order valence-corrected chi connectivity index (χ0v) is 18.2. The molecule has 1 unspecified atom stereocenters. The van der Waals surface area contributed by atoms with Gasteiger partial charge < -0.3 is 15.4 Å². The number of thiazole rings is 1. The van der Waals surface area contributed by atoms with Crippen molar-refractivity contribution >= 4 is 23.2 Å². The lowest BCUT2D eigenvalue weighted by Crippen LogP contribution is -2.45. The van der Waals surface area contributed by atoms with Crippen LogP contribution in [-0.2, 0) is 14.3 Å². The van der Waals surface area contributed by atoms with Gasteiger partial charge in [-0.05, 0) is 37.9 Å². The molecule has 2 aromatic rings. The number of carbonyl (C=O) groups is 2. The average molecular weight is 431 g/mol. The molecule has 2 N–H and O–H groups in total. The van der Waals surface area contributed by atoms with E-state index in [1.54, 1.807) is 13.3 Å². The number of amides is 2. The first-order chi connectivity index (χ1) is 14.7. The van der Waals surface area contributed by atoms with Gasteiger partial charge >= 0.3 is 0 Å². The lowest BCUT2D eigenvalue weighted by atomic mass is 9.96. The molecule has 1 fully saturated rings. The monoisotopic (exact) mass is 430 g/mol. The van der Waals surface area contributed by atoms with Crippen LogP contribution >= 0.6 is 11.3 Å². The summed E-state index contributed by atoms with van der Waals surface area (Å²) in [5, 5.41) is 8.91. The van der Waals surface area contributed by atoms with Gasteiger partial charge in [-0.3, -0.25) is 14.5 Å². The maximum Gasteiger partial charge on any atom is 0.235 e. The van der Waals surface area contributed by atoms with Gasteiger partial charge in [-0.1, -0.05) is 30.3 Å². The molecular formula is C22H30N4O3S. The number of nitrogens with one attached hydrogen (secondary N) is 2. The average Bonchev–Trinajstić information content (AvgIpc) is 3.31. The van der Waals surface area contributed by atoms with E-state index in [0.29, 0.717) is 19.7 Å². The highest BCUT2D eigenvalue weighted by Gasteiger charge is 2.26. The predicted octanol–water partition coefficient (Wildman–Crippen LogP) is 2.21. The number of methoxy groups -OCH3 is 1. The van der Waals surface area contributed by atoms with E-state index in [9.17, 15) is 9.59 Å². The Morgan fingerprint density at radius 1 is 1.27 bits per heavy atom. The maximum atomic E-state index is 12.7. The predicted molar refractivity (Wildman–Crippen MR) is 117 cm³/mol. The van der Waals surface area contributed by atoms with Gasteiger partial charge in [0.1, 0.15) is 11.0 Å². The van der Waals surface area contributed by atoms with Crippen molar-refractivity contribution in [2.75, 3.05) is 39.9 Å². The third kappa shape index (κ3) is 6.62. The summed E-state index contributed by atoms with van der Waals surface area (Å²) in [6, 6.07) is 9.66. The van der Waals surface area contributed by atoms with E-state index < -0.39 is 0 Å². The second-order valence-electron chi connectivity index (χ2n) is 7.47. The Morgan fingerprint density at radius 2 is 2.03 bits per heavy atom. The minimum absolute atomic E-state index is 0.0264. The zero-order valence-electron chi connectivity index (χ0n) is 17.4. The first-order valence-corrected chi connectivity index (χ1v) is 11.3. The molecule has 2 amide bonds. The first kappa shape index (κ1) is 22.4. The lowest BCUT2D eigenvalue weighted by molar-refractivity contribution is -0.127. The number of benzene rings is 1. The van der Waals surface area contributed by atoms with E-state index in [4.69, 9.17) is 4.74 Å². The van der Waals surface area contributed by atoms with Gasteiger partial charge in [-0.2, -0.15) is 0 Å². The standard InChI is InChI=1S/C22H30N4O3S/c1-29-14-5-10-23-21(28)18-8-12-26(13-9-18)16-19(27)25-20(22-24-11-15-30-22)17-6-3-2-4-7-17/h2-4,6-7,11,15,18,20H,5,8-10,12-14,16H2,1H3,(H,23,28)(H,25,27). The molecule has 1 aliphatic heterocycles. The van der Waals surface area contributed by atoms with E-state index >= 15 is 0 Å². The molecule has 1 aromatic heterocycles. The van der Waals surface area contributed by atoms with E-state index in [1.807, 2.05) is 35.7 Å². The third-order valence-electron chi connectivity index (χ3n) is 5.29. The van der Waals surface area contributed by atoms with Crippen LogP contribution < -0.4 is 10.6 Å². The fraction of sp³-hybridized carbons (Fsp3) is 0.500. The Morgan fingerprint density at radius 3 is 2.70 bits per heavy atom. The molecular weight excluding hydrogens is 400 g/mol. The Bertz CT molecular complexity index is 777. The second-order valence-corrected chi connectivity index (χ2v) is 8.40. The molecule has 1 aromatic carbocycles.